The molecule has 1 fully saturated rings. The van der Waals surface area contributed by atoms with E-state index in [1.165, 1.54) is 127 Å². The van der Waals surface area contributed by atoms with Gasteiger partial charge in [0.1, 0.15) is 5.82 Å². The second kappa shape index (κ2) is 71.8. The molecule has 0 unspecified atom stereocenters. The van der Waals surface area contributed by atoms with Gasteiger partial charge in [0.25, 0.3) is 12.1 Å². The summed E-state index contributed by atoms with van der Waals surface area (Å²) in [5.74, 6) is 8.54. The number of alkyl halides is 5. The van der Waals surface area contributed by atoms with E-state index in [1.807, 2.05) is 110 Å². The molecule has 12 aromatic rings. The molecule has 0 bridgehead atoms. The Morgan fingerprint density at radius 3 is 1.01 bits per heavy atom. The van der Waals surface area contributed by atoms with Crippen LogP contribution in [0.3, 0.4) is 0 Å². The number of aromatic nitrogens is 2. The fourth-order valence-corrected chi connectivity index (χ4v) is 16.0. The first-order valence-corrected chi connectivity index (χ1v) is 52.2. The van der Waals surface area contributed by atoms with E-state index in [4.69, 9.17) is 11.6 Å². The number of nitrogens with zero attached hydrogens (tertiary/aromatic N) is 3. The normalized spacial score (nSPS) is 11.4. The maximum atomic E-state index is 12.8. The Hall–Kier alpha value is -9.62. The zero-order valence-corrected chi connectivity index (χ0v) is 94.5. The van der Waals surface area contributed by atoms with Crippen LogP contribution in [0.25, 0.3) is 0 Å². The highest BCUT2D eigenvalue weighted by Gasteiger charge is 2.30. The van der Waals surface area contributed by atoms with Crippen molar-refractivity contribution in [2.24, 2.45) is 17.8 Å². The number of hydrogen-bond donors (Lipinski definition) is 0. The van der Waals surface area contributed by atoms with E-state index < -0.39 is 18.2 Å². The number of nitro benzene ring substituents is 1. The van der Waals surface area contributed by atoms with Gasteiger partial charge in [0.2, 0.25) is 0 Å². The molecule has 13 rings (SSSR count). The minimum atomic E-state index is -4.23. The molecule has 0 aliphatic heterocycles. The zero-order valence-electron chi connectivity index (χ0n) is 92.2. The second-order valence-corrected chi connectivity index (χ2v) is 42.0. The van der Waals surface area contributed by atoms with Crippen LogP contribution in [0.4, 0.5) is 32.0 Å². The molecule has 1 aromatic heterocycles. The molecule has 5 nitrogen and oxygen atoms in total. The van der Waals surface area contributed by atoms with Crippen LogP contribution in [-0.2, 0) is 12.6 Å². The molecule has 11 aromatic carbocycles. The first kappa shape index (κ1) is 130. The highest BCUT2D eigenvalue weighted by atomic mass is 79.9. The molecule has 0 amide bonds. The Balaban J connectivity index is 0.00000149. The maximum Gasteiger partial charge on any atom is 0.416 e. The zero-order chi connectivity index (χ0) is 107. The first-order valence-electron chi connectivity index (χ1n) is 51.0. The average molecular weight is 2010 g/mol. The Kier molecular flexibility index (Phi) is 66.8. The van der Waals surface area contributed by atoms with E-state index in [0.717, 1.165) is 57.5 Å². The summed E-state index contributed by atoms with van der Waals surface area (Å²) in [5, 5.41) is 11.4. The third kappa shape index (κ3) is 54.6. The summed E-state index contributed by atoms with van der Waals surface area (Å²) in [7, 11) is 0. The molecule has 0 spiro atoms. The Labute approximate surface area is 861 Å². The average Bonchev–Trinajstić information content (AvgIpc) is 0.939. The van der Waals surface area contributed by atoms with Crippen LogP contribution in [0.15, 0.2) is 290 Å². The standard InChI is InChI=1S/C12H18.C11H16.C10H11F3.C10H12F2.3C10H14.C9H11Br.C9H11Cl.C9H11F.C9H11NO2.C8H16.C6H10N2.C4H10/c1-9(2)11-7-5-6-8-12(11)10(3)4;1-4-10-7-5-6-8-11(10)9(2)3;1-7(2)8-4-3-5-9(6-8)10(11,12)13;1-7(2)8-5-3-4-6-9(8)10(11)12;1-8(2)10-6-4-9(3)5-7-10;2*1-8(2)10-7-5-4-6-9(10)3;3*1-7(2)8-5-3-4-6-9(8)10;1-7(2)8-5-3-4-6-9(8)10(11)12;1-7(2)8-5-3-4-6-8;1-6(2)8-4-3-7-5-8;1-4(2)3/h5-10H,1-4H3;5-9H,4H2,1-3H3;3-7H,1-2H3;3-7,10H,1-2H3;3*4-8H,1-3H3;3*3-7H,1-2H3;3-7H,1-2H3;7-8H,3-6H2,1-2H3;3-6H,1-2H3;4H,1-3H3. The van der Waals surface area contributed by atoms with E-state index >= 15 is 0 Å². The van der Waals surface area contributed by atoms with Crippen molar-refractivity contribution in [2.75, 3.05) is 0 Å². The molecule has 0 radical (unpaired) electrons. The van der Waals surface area contributed by atoms with Gasteiger partial charge in [-0.05, 0) is 232 Å². The molecule has 1 saturated carbocycles. The Bertz CT molecular complexity index is 4810. The predicted molar refractivity (Wildman–Crippen MR) is 603 cm³/mol. The lowest BCUT2D eigenvalue weighted by molar-refractivity contribution is -0.385. The van der Waals surface area contributed by atoms with Gasteiger partial charge in [0.15, 0.2) is 0 Å². The van der Waals surface area contributed by atoms with Gasteiger partial charge in [-0.25, -0.2) is 18.2 Å². The third-order valence-corrected chi connectivity index (χ3v) is 24.3. The van der Waals surface area contributed by atoms with Gasteiger partial charge in [-0.1, -0.05) is 503 Å². The van der Waals surface area contributed by atoms with Crippen molar-refractivity contribution in [3.8, 4) is 0 Å². The number of hydrogen-bond acceptors (Lipinski definition) is 3. The van der Waals surface area contributed by atoms with Gasteiger partial charge in [0, 0.05) is 45.1 Å². The lowest BCUT2D eigenvalue weighted by atomic mass is 9.91. The van der Waals surface area contributed by atoms with E-state index in [9.17, 15) is 36.5 Å². The quantitative estimate of drug-likeness (QED) is 0.0518. The number of nitro groups is 1. The first-order chi connectivity index (χ1) is 65.7. The van der Waals surface area contributed by atoms with Gasteiger partial charge < -0.3 is 4.57 Å². The molecular weight excluding hydrogens is 1830 g/mol. The van der Waals surface area contributed by atoms with Gasteiger partial charge >= 0.3 is 6.18 Å². The highest BCUT2D eigenvalue weighted by molar-refractivity contribution is 9.10. The number of imidazole rings is 1. The molecule has 770 valence electrons. The SMILES string of the molecule is CC(C)C.CC(C)C1CCCC1.CC(C)c1cccc(C(F)(F)F)c1.CC(C)c1ccccc1Br.CC(C)c1ccccc1C(C)C.CC(C)c1ccccc1C(F)F.CC(C)c1ccccc1Cl.CC(C)c1ccccc1F.CC(C)c1ccccc1[N+](=O)[O-].CC(C)n1ccnc1.CCc1ccccc1C(C)C.Cc1ccc(C(C)C)cc1.Cc1ccccc1C(C)C.Cc1ccccc1C(C)C. The number of halogens is 8. The van der Waals surface area contributed by atoms with Crippen LogP contribution in [-0.4, -0.2) is 14.5 Å². The van der Waals surface area contributed by atoms with Crippen molar-refractivity contribution < 1.29 is 31.3 Å². The molecule has 0 N–H and O–H groups in total. The van der Waals surface area contributed by atoms with E-state index in [-0.39, 0.29) is 45.7 Å². The molecule has 1 aliphatic rings. The number of aryl methyl sites for hydroxylation is 4. The molecule has 140 heavy (non-hydrogen) atoms. The predicted octanol–water partition coefficient (Wildman–Crippen LogP) is 42.9. The van der Waals surface area contributed by atoms with E-state index in [2.05, 4.69) is 358 Å². The summed E-state index contributed by atoms with van der Waals surface area (Å²) in [4.78, 5) is 14.1. The topological polar surface area (TPSA) is 61.0 Å². The highest BCUT2D eigenvalue weighted by Crippen LogP contribution is 2.35. The van der Waals surface area contributed by atoms with Gasteiger partial charge in [-0.2, -0.15) is 13.2 Å². The van der Waals surface area contributed by atoms with Crippen LogP contribution < -0.4 is 0 Å². The van der Waals surface area contributed by atoms with E-state index in [0.29, 0.717) is 53.4 Å². The third-order valence-electron chi connectivity index (χ3n) is 23.2. The number of para-hydroxylation sites is 1. The van der Waals surface area contributed by atoms with Gasteiger partial charge in [-0.15, -0.1) is 0 Å². The lowest BCUT2D eigenvalue weighted by Gasteiger charge is -2.14. The summed E-state index contributed by atoms with van der Waals surface area (Å²) in [5.41, 5.74) is 19.9. The summed E-state index contributed by atoms with van der Waals surface area (Å²) in [6.07, 6.45) is 6.11. The lowest BCUT2D eigenvalue weighted by Crippen LogP contribution is -2.05. The summed E-state index contributed by atoms with van der Waals surface area (Å²) >= 11 is 9.42. The number of rotatable bonds is 17. The van der Waals surface area contributed by atoms with E-state index in [1.54, 1.807) is 48.7 Å². The Morgan fingerprint density at radius 1 is 0.393 bits per heavy atom. The van der Waals surface area contributed by atoms with Crippen LogP contribution in [0.1, 0.15) is 431 Å². The maximum absolute atomic E-state index is 12.8. The second-order valence-electron chi connectivity index (χ2n) is 40.7. The van der Waals surface area contributed by atoms with Crippen LogP contribution >= 0.6 is 27.5 Å². The molecule has 0 atom stereocenters. The molecule has 0 saturated heterocycles. The summed E-state index contributed by atoms with van der Waals surface area (Å²) in [6.45, 7) is 75.0. The van der Waals surface area contributed by atoms with Gasteiger partial charge in [0.05, 0.1) is 16.8 Å². The molecular formula is C127H179BrClF6N3O2. The van der Waals surface area contributed by atoms with Crippen molar-refractivity contribution in [3.63, 3.8) is 0 Å². The fraction of sp³-hybridized carbons (Fsp3) is 0.457. The van der Waals surface area contributed by atoms with Crippen LogP contribution in [0, 0.1) is 54.5 Å². The minimum absolute atomic E-state index is 0.0995. The fourth-order valence-electron chi connectivity index (χ4n) is 14.9. The van der Waals surface area contributed by atoms with Crippen molar-refractivity contribution in [2.45, 2.75) is 364 Å². The molecule has 1 heterocycles. The number of benzene rings is 11. The van der Waals surface area contributed by atoms with Crippen molar-refractivity contribution in [1.29, 1.82) is 0 Å². The smallest absolute Gasteiger partial charge is 0.335 e. The summed E-state index contributed by atoms with van der Waals surface area (Å²) < 4.78 is 77.6. The van der Waals surface area contributed by atoms with Crippen LogP contribution in [0.2, 0.25) is 5.02 Å². The summed E-state index contributed by atoms with van der Waals surface area (Å²) in [6, 6.07) is 85.9. The van der Waals surface area contributed by atoms with Crippen LogP contribution in [0.5, 0.6) is 0 Å². The van der Waals surface area contributed by atoms with Crippen molar-refractivity contribution in [3.05, 3.63) is 411 Å². The van der Waals surface area contributed by atoms with Gasteiger partial charge in [-0.3, -0.25) is 10.1 Å². The monoisotopic (exact) mass is 2010 g/mol. The largest absolute Gasteiger partial charge is 0.416 e. The Morgan fingerprint density at radius 2 is 0.736 bits per heavy atom. The molecule has 13 heteroatoms. The van der Waals surface area contributed by atoms with Crippen molar-refractivity contribution in [1.82, 2.24) is 9.55 Å². The molecule has 1 aliphatic carbocycles. The minimum Gasteiger partial charge on any atom is -0.335 e. The van der Waals surface area contributed by atoms with Crippen molar-refractivity contribution >= 4 is 33.2 Å².